The van der Waals surface area contributed by atoms with Gasteiger partial charge in [-0.15, -0.1) is 0 Å². The maximum absolute atomic E-state index is 14.0. The number of rotatable bonds is 2. The van der Waals surface area contributed by atoms with Crippen LogP contribution < -0.4 is 4.80 Å². The lowest BCUT2D eigenvalue weighted by Crippen LogP contribution is -2.16. The van der Waals surface area contributed by atoms with Crippen LogP contribution in [-0.2, 0) is 6.54 Å². The smallest absolute Gasteiger partial charge is 0.282 e. The van der Waals surface area contributed by atoms with Crippen molar-refractivity contribution in [3.63, 3.8) is 0 Å². The van der Waals surface area contributed by atoms with Crippen molar-refractivity contribution in [1.82, 2.24) is 4.57 Å². The number of thiazole rings is 1. The maximum Gasteiger partial charge on any atom is 0.282 e. The van der Waals surface area contributed by atoms with Gasteiger partial charge in [-0.1, -0.05) is 29.5 Å². The average molecular weight is 318 g/mol. The van der Waals surface area contributed by atoms with Crippen molar-refractivity contribution in [3.05, 3.63) is 64.5 Å². The zero-order valence-corrected chi connectivity index (χ0v) is 12.5. The highest BCUT2D eigenvalue weighted by Crippen LogP contribution is 2.20. The van der Waals surface area contributed by atoms with E-state index in [-0.39, 0.29) is 11.4 Å². The van der Waals surface area contributed by atoms with Crippen molar-refractivity contribution in [2.75, 3.05) is 0 Å². The number of amides is 1. The molecule has 1 heterocycles. The molecule has 0 aliphatic heterocycles. The van der Waals surface area contributed by atoms with Crippen LogP contribution in [-0.4, -0.2) is 10.5 Å². The Morgan fingerprint density at radius 2 is 1.86 bits per heavy atom. The van der Waals surface area contributed by atoms with Crippen LogP contribution in [0.2, 0.25) is 0 Å². The predicted molar refractivity (Wildman–Crippen MR) is 81.7 cm³/mol. The molecule has 0 unspecified atom stereocenters. The van der Waals surface area contributed by atoms with E-state index in [1.165, 1.54) is 35.6 Å². The number of fused-ring (bicyclic) bond motifs is 1. The molecule has 22 heavy (non-hydrogen) atoms. The molecule has 1 amide bonds. The van der Waals surface area contributed by atoms with Gasteiger partial charge in [0.1, 0.15) is 11.6 Å². The van der Waals surface area contributed by atoms with E-state index in [1.54, 1.807) is 22.8 Å². The van der Waals surface area contributed by atoms with Gasteiger partial charge in [0.15, 0.2) is 4.80 Å². The summed E-state index contributed by atoms with van der Waals surface area (Å²) in [6, 6.07) is 10.4. The SMILES string of the molecule is CCn1c(=NC(=O)c2ccccc2F)sc2cccc(F)c21. The van der Waals surface area contributed by atoms with Crippen LogP contribution in [0.5, 0.6) is 0 Å². The molecular weight excluding hydrogens is 306 g/mol. The van der Waals surface area contributed by atoms with E-state index in [9.17, 15) is 13.6 Å². The number of hydrogen-bond donors (Lipinski definition) is 0. The Balaban J connectivity index is 2.20. The molecule has 0 bridgehead atoms. The molecular formula is C16H12F2N2OS. The average Bonchev–Trinajstić information content (AvgIpc) is 2.86. The standard InChI is InChI=1S/C16H12F2N2OS/c1-2-20-14-12(18)8-5-9-13(14)22-16(20)19-15(21)10-6-3-4-7-11(10)17/h3-9H,2H2,1H3. The summed E-state index contributed by atoms with van der Waals surface area (Å²) in [5.41, 5.74) is 0.318. The van der Waals surface area contributed by atoms with Crippen LogP contribution in [0.1, 0.15) is 17.3 Å². The van der Waals surface area contributed by atoms with E-state index in [1.807, 2.05) is 6.92 Å². The van der Waals surface area contributed by atoms with Crippen molar-refractivity contribution in [2.24, 2.45) is 4.99 Å². The van der Waals surface area contributed by atoms with Gasteiger partial charge < -0.3 is 4.57 Å². The molecule has 0 N–H and O–H groups in total. The van der Waals surface area contributed by atoms with Crippen LogP contribution in [0.25, 0.3) is 10.2 Å². The van der Waals surface area contributed by atoms with Crippen molar-refractivity contribution >= 4 is 27.5 Å². The summed E-state index contributed by atoms with van der Waals surface area (Å²) in [6.07, 6.45) is 0. The van der Waals surface area contributed by atoms with Crippen LogP contribution >= 0.6 is 11.3 Å². The Morgan fingerprint density at radius 3 is 2.59 bits per heavy atom. The van der Waals surface area contributed by atoms with Gasteiger partial charge in [-0.05, 0) is 31.2 Å². The molecule has 112 valence electrons. The topological polar surface area (TPSA) is 34.4 Å². The minimum Gasteiger partial charge on any atom is -0.314 e. The number of carbonyl (C=O) groups is 1. The first kappa shape index (κ1) is 14.6. The normalized spacial score (nSPS) is 12.0. The molecule has 0 aliphatic carbocycles. The molecule has 0 spiro atoms. The van der Waals surface area contributed by atoms with Crippen molar-refractivity contribution < 1.29 is 13.6 Å². The highest BCUT2D eigenvalue weighted by atomic mass is 32.1. The number of hydrogen-bond acceptors (Lipinski definition) is 2. The van der Waals surface area contributed by atoms with E-state index < -0.39 is 11.7 Å². The molecule has 2 aromatic carbocycles. The second kappa shape index (κ2) is 5.81. The Kier molecular flexibility index (Phi) is 3.85. The Morgan fingerprint density at radius 1 is 1.14 bits per heavy atom. The summed E-state index contributed by atoms with van der Waals surface area (Å²) in [4.78, 5) is 16.5. The van der Waals surface area contributed by atoms with Crippen LogP contribution in [0.15, 0.2) is 47.5 Å². The zero-order chi connectivity index (χ0) is 15.7. The summed E-state index contributed by atoms with van der Waals surface area (Å²) in [6.45, 7) is 2.30. The maximum atomic E-state index is 14.0. The fraction of sp³-hybridized carbons (Fsp3) is 0.125. The lowest BCUT2D eigenvalue weighted by atomic mass is 10.2. The molecule has 0 aliphatic rings. The van der Waals surface area contributed by atoms with Crippen LogP contribution in [0, 0.1) is 11.6 Å². The summed E-state index contributed by atoms with van der Waals surface area (Å²) in [5.74, 6) is -1.66. The lowest BCUT2D eigenvalue weighted by molar-refractivity contribution is 0.0994. The monoisotopic (exact) mass is 318 g/mol. The molecule has 0 saturated carbocycles. The molecule has 0 radical (unpaired) electrons. The largest absolute Gasteiger partial charge is 0.314 e. The Hall–Kier alpha value is -2.34. The minimum atomic E-state index is -0.674. The van der Waals surface area contributed by atoms with Crippen LogP contribution in [0.4, 0.5) is 8.78 Å². The number of benzene rings is 2. The molecule has 3 rings (SSSR count). The first-order chi connectivity index (χ1) is 10.6. The van der Waals surface area contributed by atoms with E-state index in [0.717, 1.165) is 0 Å². The van der Waals surface area contributed by atoms with Gasteiger partial charge in [0, 0.05) is 6.54 Å². The van der Waals surface area contributed by atoms with Crippen LogP contribution in [0.3, 0.4) is 0 Å². The fourth-order valence-electron chi connectivity index (χ4n) is 2.25. The number of nitrogens with zero attached hydrogens (tertiary/aromatic N) is 2. The number of halogens is 2. The van der Waals surface area contributed by atoms with Gasteiger partial charge >= 0.3 is 0 Å². The van der Waals surface area contributed by atoms with Gasteiger partial charge in [0.2, 0.25) is 0 Å². The quantitative estimate of drug-likeness (QED) is 0.709. The van der Waals surface area contributed by atoms with Gasteiger partial charge in [0.05, 0.1) is 15.8 Å². The van der Waals surface area contributed by atoms with Gasteiger partial charge in [-0.2, -0.15) is 4.99 Å². The summed E-state index contributed by atoms with van der Waals surface area (Å²) >= 11 is 1.20. The zero-order valence-electron chi connectivity index (χ0n) is 11.7. The predicted octanol–water partition coefficient (Wildman–Crippen LogP) is 3.74. The van der Waals surface area contributed by atoms with E-state index in [4.69, 9.17) is 0 Å². The number of aryl methyl sites for hydroxylation is 1. The third-order valence-corrected chi connectivity index (χ3v) is 4.31. The molecule has 0 atom stereocenters. The Labute approximate surface area is 129 Å². The summed E-state index contributed by atoms with van der Waals surface area (Å²) in [7, 11) is 0. The molecule has 1 aromatic heterocycles. The lowest BCUT2D eigenvalue weighted by Gasteiger charge is -2.01. The highest BCUT2D eigenvalue weighted by molar-refractivity contribution is 7.16. The number of aromatic nitrogens is 1. The van der Waals surface area contributed by atoms with Crippen molar-refractivity contribution in [1.29, 1.82) is 0 Å². The minimum absolute atomic E-state index is 0.0944. The van der Waals surface area contributed by atoms with Gasteiger partial charge in [-0.3, -0.25) is 4.79 Å². The third kappa shape index (κ3) is 2.46. The van der Waals surface area contributed by atoms with Crippen molar-refractivity contribution in [3.8, 4) is 0 Å². The van der Waals surface area contributed by atoms with Gasteiger partial charge in [0.25, 0.3) is 5.91 Å². The Bertz CT molecular complexity index is 927. The van der Waals surface area contributed by atoms with E-state index in [2.05, 4.69) is 4.99 Å². The molecule has 3 nitrogen and oxygen atoms in total. The molecule has 3 aromatic rings. The second-order valence-electron chi connectivity index (χ2n) is 4.61. The fourth-order valence-corrected chi connectivity index (χ4v) is 3.35. The van der Waals surface area contributed by atoms with E-state index >= 15 is 0 Å². The summed E-state index contributed by atoms with van der Waals surface area (Å²) < 4.78 is 29.9. The highest BCUT2D eigenvalue weighted by Gasteiger charge is 2.13. The first-order valence-corrected chi connectivity index (χ1v) is 7.55. The van der Waals surface area contributed by atoms with E-state index in [0.29, 0.717) is 21.6 Å². The molecule has 6 heteroatoms. The van der Waals surface area contributed by atoms with Crippen molar-refractivity contribution in [2.45, 2.75) is 13.5 Å². The first-order valence-electron chi connectivity index (χ1n) is 6.73. The number of para-hydroxylation sites is 1. The third-order valence-electron chi connectivity index (χ3n) is 3.27. The van der Waals surface area contributed by atoms with Gasteiger partial charge in [-0.25, -0.2) is 8.78 Å². The molecule has 0 saturated heterocycles. The number of carbonyl (C=O) groups excluding carboxylic acids is 1. The molecule has 0 fully saturated rings. The summed E-state index contributed by atoms with van der Waals surface area (Å²) in [5, 5.41) is 0. The second-order valence-corrected chi connectivity index (χ2v) is 5.62.